The van der Waals surface area contributed by atoms with E-state index in [2.05, 4.69) is 86.2 Å². The second-order valence-corrected chi connectivity index (χ2v) is 6.84. The maximum absolute atomic E-state index is 5.64. The van der Waals surface area contributed by atoms with Gasteiger partial charge in [-0.2, -0.15) is 0 Å². The minimum atomic E-state index is 0.871. The summed E-state index contributed by atoms with van der Waals surface area (Å²) in [6, 6.07) is 14.0. The largest absolute Gasteiger partial charge is 0.328 e. The highest BCUT2D eigenvalue weighted by Crippen LogP contribution is 2.29. The van der Waals surface area contributed by atoms with Crippen LogP contribution in [0.15, 0.2) is 42.5 Å². The van der Waals surface area contributed by atoms with Gasteiger partial charge in [0.05, 0.1) is 7.14 Å². The summed E-state index contributed by atoms with van der Waals surface area (Å²) in [6.45, 7) is 0. The van der Waals surface area contributed by atoms with Crippen molar-refractivity contribution < 1.29 is 4.42 Å². The Hall–Kier alpha value is 0.300. The Balaban J connectivity index is 2.34. The van der Waals surface area contributed by atoms with E-state index in [1.165, 1.54) is 3.57 Å². The lowest BCUT2D eigenvalue weighted by molar-refractivity contribution is 0.248. The predicted octanol–water partition coefficient (Wildman–Crippen LogP) is 4.91. The molecule has 0 saturated heterocycles. The van der Waals surface area contributed by atoms with Crippen LogP contribution in [0.2, 0.25) is 0 Å². The first kappa shape index (κ1) is 13.7. The monoisotopic (exact) mass is 560 g/mol. The van der Waals surface area contributed by atoms with Crippen LogP contribution in [0, 0.1) is 10.7 Å². The first-order valence-electron chi connectivity index (χ1n) is 4.79. The molecule has 0 N–H and O–H groups in total. The van der Waals surface area contributed by atoms with Gasteiger partial charge in [0, 0.05) is 3.57 Å². The molecule has 4 heteroatoms. The molecule has 1 nitrogen and oxygen atoms in total. The number of hydrogen-bond acceptors (Lipinski definition) is 0. The highest BCUT2D eigenvalue weighted by atomic mass is 127. The van der Waals surface area contributed by atoms with Gasteiger partial charge < -0.3 is 0 Å². The Morgan fingerprint density at radius 1 is 0.882 bits per heavy atom. The molecule has 0 bridgehead atoms. The maximum atomic E-state index is 5.64. The quantitative estimate of drug-likeness (QED) is 0.282. The Kier molecular flexibility index (Phi) is 5.22. The van der Waals surface area contributed by atoms with Crippen LogP contribution >= 0.6 is 67.8 Å². The molecule has 0 aliphatic rings. The second kappa shape index (κ2) is 6.46. The third-order valence-corrected chi connectivity index (χ3v) is 4.23. The highest BCUT2D eigenvalue weighted by Gasteiger charge is 2.11. The molecule has 2 rings (SSSR count). The van der Waals surface area contributed by atoms with Crippen molar-refractivity contribution >= 4 is 74.1 Å². The molecular formula is C13H7I3O. The van der Waals surface area contributed by atoms with Crippen molar-refractivity contribution in [2.24, 2.45) is 0 Å². The van der Waals surface area contributed by atoms with Crippen LogP contribution in [0.25, 0.3) is 0 Å². The molecule has 2 aromatic carbocycles. The molecule has 0 aliphatic heterocycles. The van der Waals surface area contributed by atoms with Crippen LogP contribution in [0.5, 0.6) is 5.75 Å². The van der Waals surface area contributed by atoms with Crippen molar-refractivity contribution in [2.45, 2.75) is 0 Å². The third-order valence-electron chi connectivity index (χ3n) is 2.01. The standard InChI is InChI=1S/C13H7I3O/c14-10-6-11(15)13(12(16)7-10)17-8-9-4-2-1-3-5-9/h1-7H. The summed E-state index contributed by atoms with van der Waals surface area (Å²) in [5.41, 5.74) is 0.942. The Labute approximate surface area is 141 Å². The van der Waals surface area contributed by atoms with Crippen LogP contribution in [0.3, 0.4) is 0 Å². The summed E-state index contributed by atoms with van der Waals surface area (Å²) in [6.07, 6.45) is 2.95. The van der Waals surface area contributed by atoms with Gasteiger partial charge in [0.15, 0.2) is 0 Å². The van der Waals surface area contributed by atoms with Crippen LogP contribution in [0.4, 0.5) is 0 Å². The zero-order valence-corrected chi connectivity index (χ0v) is 15.1. The van der Waals surface area contributed by atoms with E-state index in [0.717, 1.165) is 18.5 Å². The molecule has 2 aromatic rings. The van der Waals surface area contributed by atoms with E-state index in [4.69, 9.17) is 4.42 Å². The lowest BCUT2D eigenvalue weighted by Crippen LogP contribution is -1.87. The summed E-state index contributed by atoms with van der Waals surface area (Å²) >= 11 is 6.86. The van der Waals surface area contributed by atoms with Crippen molar-refractivity contribution in [3.05, 3.63) is 58.7 Å². The maximum Gasteiger partial charge on any atom is 0.328 e. The van der Waals surface area contributed by atoms with Gasteiger partial charge in [-0.15, -0.1) is 24.3 Å². The molecule has 0 atom stereocenters. The van der Waals surface area contributed by atoms with Crippen molar-refractivity contribution in [3.8, 4) is 5.75 Å². The Morgan fingerprint density at radius 3 is 2.06 bits per heavy atom. The number of benzene rings is 2. The fourth-order valence-electron chi connectivity index (χ4n) is 1.24. The van der Waals surface area contributed by atoms with Gasteiger partial charge in [0.1, 0.15) is 0 Å². The van der Waals surface area contributed by atoms with Gasteiger partial charge in [-0.1, -0.05) is 6.07 Å². The minimum Gasteiger partial charge on any atom is -0.293 e. The molecule has 0 aromatic heterocycles. The number of carbonyl (C=O) groups excluding carboxylic acids is 1. The lowest BCUT2D eigenvalue weighted by atomic mass is 10.2. The first-order chi connectivity index (χ1) is 8.16. The molecule has 17 heavy (non-hydrogen) atoms. The average molecular weight is 560 g/mol. The van der Waals surface area contributed by atoms with Crippen LogP contribution < -0.4 is 0 Å². The van der Waals surface area contributed by atoms with Crippen molar-refractivity contribution in [1.82, 2.24) is 0 Å². The number of hydrogen-bond donors (Lipinski definition) is 0. The number of halogens is 3. The van der Waals surface area contributed by atoms with Gasteiger partial charge in [-0.25, -0.2) is 0 Å². The van der Waals surface area contributed by atoms with E-state index < -0.39 is 0 Å². The topological polar surface area (TPSA) is 11.3 Å². The third kappa shape index (κ3) is 3.88. The fraction of sp³-hybridized carbons (Fsp3) is 0. The Bertz CT molecular complexity index is 527. The summed E-state index contributed by atoms with van der Waals surface area (Å²) in [4.78, 5) is 0. The van der Waals surface area contributed by atoms with Gasteiger partial charge in [0.2, 0.25) is 0 Å². The first-order valence-corrected chi connectivity index (χ1v) is 8.03. The van der Waals surface area contributed by atoms with E-state index in [-0.39, 0.29) is 0 Å². The summed E-state index contributed by atoms with van der Waals surface area (Å²) in [7, 11) is 0. The van der Waals surface area contributed by atoms with Gasteiger partial charge in [0.25, 0.3) is 0 Å². The normalized spacial score (nSPS) is 11.0. The van der Waals surface area contributed by atoms with Gasteiger partial charge in [-0.3, -0.25) is 4.42 Å². The van der Waals surface area contributed by atoms with Crippen molar-refractivity contribution in [2.75, 3.05) is 0 Å². The lowest BCUT2D eigenvalue weighted by Gasteiger charge is -1.98. The van der Waals surface area contributed by atoms with E-state index in [0.29, 0.717) is 0 Å². The van der Waals surface area contributed by atoms with E-state index in [1.807, 2.05) is 30.3 Å². The van der Waals surface area contributed by atoms with Crippen molar-refractivity contribution in [1.29, 1.82) is 0 Å². The zero-order chi connectivity index (χ0) is 12.3. The van der Waals surface area contributed by atoms with E-state index >= 15 is 0 Å². The summed E-state index contributed by atoms with van der Waals surface area (Å²) < 4.78 is 9.05. The predicted molar refractivity (Wildman–Crippen MR) is 95.3 cm³/mol. The molecule has 0 amide bonds. The molecule has 0 heterocycles. The molecule has 0 aliphatic carbocycles. The van der Waals surface area contributed by atoms with Crippen molar-refractivity contribution in [3.63, 3.8) is 0 Å². The van der Waals surface area contributed by atoms with Gasteiger partial charge >= 0.3 is 12.0 Å². The minimum absolute atomic E-state index is 0.871. The molecule has 0 spiro atoms. The second-order valence-electron chi connectivity index (χ2n) is 3.27. The average Bonchev–Trinajstić information content (AvgIpc) is 2.29. The van der Waals surface area contributed by atoms with E-state index in [9.17, 15) is 0 Å². The summed E-state index contributed by atoms with van der Waals surface area (Å²) in [5.74, 6) is 0.871. The molecule has 0 saturated carbocycles. The SMILES string of the molecule is Ic1cc(I)c([O+]=[C-]c2ccccc2)c(I)c1. The number of rotatable bonds is 2. The highest BCUT2D eigenvalue weighted by molar-refractivity contribution is 14.1. The molecule has 0 unspecified atom stereocenters. The Morgan fingerprint density at radius 2 is 1.47 bits per heavy atom. The zero-order valence-electron chi connectivity index (χ0n) is 8.58. The van der Waals surface area contributed by atoms with Crippen LogP contribution in [-0.2, 0) is 4.42 Å². The molecule has 86 valence electrons. The smallest absolute Gasteiger partial charge is 0.293 e. The van der Waals surface area contributed by atoms with Gasteiger partial charge in [-0.05, 0) is 85.5 Å². The fourth-order valence-corrected chi connectivity index (χ4v) is 5.05. The van der Waals surface area contributed by atoms with E-state index in [1.54, 1.807) is 0 Å². The molecule has 0 radical (unpaired) electrons. The molecule has 0 fully saturated rings. The summed E-state index contributed by atoms with van der Waals surface area (Å²) in [5, 5.41) is 0. The van der Waals surface area contributed by atoms with Crippen LogP contribution in [0.1, 0.15) is 5.56 Å². The molecular weight excluding hydrogens is 553 g/mol. The van der Waals surface area contributed by atoms with Crippen LogP contribution in [-0.4, -0.2) is 6.29 Å².